The monoisotopic (exact) mass is 339 g/mol. The highest BCUT2D eigenvalue weighted by Gasteiger charge is 2.15. The maximum Gasteiger partial charge on any atom is 0.283 e. The second kappa shape index (κ2) is 7.05. The van der Waals surface area contributed by atoms with Crippen LogP contribution in [-0.4, -0.2) is 26.0 Å². The Morgan fingerprint density at radius 3 is 2.54 bits per heavy atom. The van der Waals surface area contributed by atoms with Crippen LogP contribution in [0.2, 0.25) is 0 Å². The van der Waals surface area contributed by atoms with Crippen molar-refractivity contribution < 1.29 is 4.92 Å². The summed E-state index contributed by atoms with van der Waals surface area (Å²) in [7, 11) is 0. The van der Waals surface area contributed by atoms with E-state index < -0.39 is 0 Å². The second-order valence-corrected chi connectivity index (χ2v) is 6.10. The van der Waals surface area contributed by atoms with Gasteiger partial charge in [-0.3, -0.25) is 10.1 Å². The molecular formula is C16H13N5O2S. The highest BCUT2D eigenvalue weighted by Crippen LogP contribution is 2.35. The topological polar surface area (TPSA) is 86.2 Å². The van der Waals surface area contributed by atoms with E-state index in [0.29, 0.717) is 10.5 Å². The van der Waals surface area contributed by atoms with Gasteiger partial charge < -0.3 is 0 Å². The molecule has 8 heteroatoms. The van der Waals surface area contributed by atoms with Crippen LogP contribution in [0.25, 0.3) is 0 Å². The smallest absolute Gasteiger partial charge is 0.258 e. The lowest BCUT2D eigenvalue weighted by Gasteiger charge is -2.04. The molecule has 3 rings (SSSR count). The van der Waals surface area contributed by atoms with Crippen molar-refractivity contribution >= 4 is 23.7 Å². The molecule has 7 nitrogen and oxygen atoms in total. The first kappa shape index (κ1) is 15.9. The van der Waals surface area contributed by atoms with Crippen LogP contribution in [-0.2, 0) is 0 Å². The van der Waals surface area contributed by atoms with Gasteiger partial charge in [0, 0.05) is 16.5 Å². The molecule has 0 saturated carbocycles. The predicted octanol–water partition coefficient (Wildman–Crippen LogP) is 3.53. The standard InChI is InChI=1S/C16H13N5O2S/c1-12-2-5-14(6-3-12)24-16-7-4-13(8-15(16)21(22)23)9-19-20-10-17-18-11-20/h2-11H,1H3/b19-9-. The maximum absolute atomic E-state index is 11.4. The minimum absolute atomic E-state index is 0.0493. The Kier molecular flexibility index (Phi) is 4.66. The highest BCUT2D eigenvalue weighted by atomic mass is 32.2. The first-order valence-corrected chi connectivity index (χ1v) is 7.85. The Morgan fingerprint density at radius 1 is 1.17 bits per heavy atom. The molecule has 24 heavy (non-hydrogen) atoms. The molecule has 0 aliphatic heterocycles. The van der Waals surface area contributed by atoms with Crippen LogP contribution in [0.1, 0.15) is 11.1 Å². The molecule has 1 heterocycles. The molecule has 2 aromatic carbocycles. The number of nitrogens with zero attached hydrogens (tertiary/aromatic N) is 5. The van der Waals surface area contributed by atoms with Gasteiger partial charge in [0.15, 0.2) is 0 Å². The minimum atomic E-state index is -0.382. The molecule has 0 N–H and O–H groups in total. The number of hydrogen-bond acceptors (Lipinski definition) is 6. The maximum atomic E-state index is 11.4. The third kappa shape index (κ3) is 3.85. The molecule has 0 fully saturated rings. The zero-order valence-corrected chi connectivity index (χ0v) is 13.6. The van der Waals surface area contributed by atoms with Crippen LogP contribution in [0.4, 0.5) is 5.69 Å². The largest absolute Gasteiger partial charge is 0.283 e. The van der Waals surface area contributed by atoms with Crippen LogP contribution < -0.4 is 0 Å². The van der Waals surface area contributed by atoms with E-state index in [1.54, 1.807) is 12.1 Å². The summed E-state index contributed by atoms with van der Waals surface area (Å²) in [6, 6.07) is 12.9. The normalized spacial score (nSPS) is 11.0. The molecule has 0 aliphatic rings. The molecule has 0 bridgehead atoms. The summed E-state index contributed by atoms with van der Waals surface area (Å²) in [6.07, 6.45) is 4.40. The number of nitro groups is 1. The highest BCUT2D eigenvalue weighted by molar-refractivity contribution is 7.99. The third-order valence-corrected chi connectivity index (χ3v) is 4.25. The van der Waals surface area contributed by atoms with E-state index in [-0.39, 0.29) is 10.6 Å². The Hall–Kier alpha value is -3.00. The molecule has 0 amide bonds. The Bertz CT molecular complexity index is 876. The molecule has 0 radical (unpaired) electrons. The van der Waals surface area contributed by atoms with E-state index in [1.165, 1.54) is 41.4 Å². The van der Waals surface area contributed by atoms with Crippen LogP contribution in [0.5, 0.6) is 0 Å². The van der Waals surface area contributed by atoms with E-state index in [1.807, 2.05) is 31.2 Å². The van der Waals surface area contributed by atoms with Crippen molar-refractivity contribution in [2.75, 3.05) is 0 Å². The van der Waals surface area contributed by atoms with Gasteiger partial charge in [0.25, 0.3) is 5.69 Å². The fourth-order valence-electron chi connectivity index (χ4n) is 1.97. The fourth-order valence-corrected chi connectivity index (χ4v) is 2.87. The van der Waals surface area contributed by atoms with Crippen LogP contribution >= 0.6 is 11.8 Å². The van der Waals surface area contributed by atoms with Gasteiger partial charge in [0.1, 0.15) is 12.7 Å². The van der Waals surface area contributed by atoms with Crippen molar-refractivity contribution in [1.82, 2.24) is 14.9 Å². The van der Waals surface area contributed by atoms with Gasteiger partial charge >= 0.3 is 0 Å². The summed E-state index contributed by atoms with van der Waals surface area (Å²) in [6.45, 7) is 2.00. The number of hydrogen-bond donors (Lipinski definition) is 0. The van der Waals surface area contributed by atoms with E-state index in [9.17, 15) is 10.1 Å². The van der Waals surface area contributed by atoms with Gasteiger partial charge in [-0.25, -0.2) is 4.68 Å². The lowest BCUT2D eigenvalue weighted by atomic mass is 10.2. The number of aromatic nitrogens is 3. The molecule has 3 aromatic rings. The summed E-state index contributed by atoms with van der Waals surface area (Å²) in [5.41, 5.74) is 1.83. The van der Waals surface area contributed by atoms with Crippen molar-refractivity contribution in [3.63, 3.8) is 0 Å². The van der Waals surface area contributed by atoms with Gasteiger partial charge in [0.2, 0.25) is 0 Å². The minimum Gasteiger partial charge on any atom is -0.258 e. The predicted molar refractivity (Wildman–Crippen MR) is 91.4 cm³/mol. The number of rotatable bonds is 5. The number of nitro benzene ring substituents is 1. The van der Waals surface area contributed by atoms with Gasteiger partial charge in [-0.05, 0) is 25.1 Å². The van der Waals surface area contributed by atoms with Crippen LogP contribution in [0.3, 0.4) is 0 Å². The van der Waals surface area contributed by atoms with Gasteiger partial charge in [-0.15, -0.1) is 10.2 Å². The molecule has 0 unspecified atom stereocenters. The Morgan fingerprint density at radius 2 is 1.88 bits per heavy atom. The Labute approximate surface area is 142 Å². The number of benzene rings is 2. The number of aryl methyl sites for hydroxylation is 1. The average Bonchev–Trinajstić information content (AvgIpc) is 3.09. The molecule has 0 saturated heterocycles. The first-order chi connectivity index (χ1) is 11.6. The average molecular weight is 339 g/mol. The van der Waals surface area contributed by atoms with Crippen molar-refractivity contribution in [3.8, 4) is 0 Å². The zero-order chi connectivity index (χ0) is 16.9. The van der Waals surface area contributed by atoms with Crippen molar-refractivity contribution in [2.24, 2.45) is 5.10 Å². The van der Waals surface area contributed by atoms with Crippen molar-refractivity contribution in [3.05, 3.63) is 76.4 Å². The van der Waals surface area contributed by atoms with Crippen molar-refractivity contribution in [1.29, 1.82) is 0 Å². The first-order valence-electron chi connectivity index (χ1n) is 7.04. The summed E-state index contributed by atoms with van der Waals surface area (Å²) >= 11 is 1.36. The quantitative estimate of drug-likeness (QED) is 0.403. The summed E-state index contributed by atoms with van der Waals surface area (Å²) in [5, 5.41) is 22.7. The van der Waals surface area contributed by atoms with E-state index in [4.69, 9.17) is 0 Å². The molecule has 0 atom stereocenters. The molecular weight excluding hydrogens is 326 g/mol. The van der Waals surface area contributed by atoms with Gasteiger partial charge in [-0.1, -0.05) is 35.5 Å². The SMILES string of the molecule is Cc1ccc(Sc2ccc(/C=N\n3cnnc3)cc2[N+](=O)[O-])cc1. The van der Waals surface area contributed by atoms with E-state index >= 15 is 0 Å². The zero-order valence-electron chi connectivity index (χ0n) is 12.7. The fraction of sp³-hybridized carbons (Fsp3) is 0.0625. The molecule has 120 valence electrons. The Balaban J connectivity index is 1.87. The van der Waals surface area contributed by atoms with Gasteiger partial charge in [-0.2, -0.15) is 5.10 Å². The molecule has 0 aliphatic carbocycles. The second-order valence-electron chi connectivity index (χ2n) is 4.99. The molecule has 1 aromatic heterocycles. The lowest BCUT2D eigenvalue weighted by molar-refractivity contribution is -0.387. The van der Waals surface area contributed by atoms with E-state index in [2.05, 4.69) is 15.3 Å². The van der Waals surface area contributed by atoms with Crippen molar-refractivity contribution in [2.45, 2.75) is 16.7 Å². The molecule has 0 spiro atoms. The summed E-state index contributed by atoms with van der Waals surface area (Å²) in [5.74, 6) is 0. The van der Waals surface area contributed by atoms with E-state index in [0.717, 1.165) is 10.5 Å². The third-order valence-electron chi connectivity index (χ3n) is 3.18. The summed E-state index contributed by atoms with van der Waals surface area (Å²) < 4.78 is 1.42. The van der Waals surface area contributed by atoms with Crippen LogP contribution in [0.15, 0.2) is 70.0 Å². The van der Waals surface area contributed by atoms with Gasteiger partial charge in [0.05, 0.1) is 16.0 Å². The van der Waals surface area contributed by atoms with Crippen LogP contribution in [0, 0.1) is 17.0 Å². The summed E-state index contributed by atoms with van der Waals surface area (Å²) in [4.78, 5) is 12.5. The lowest BCUT2D eigenvalue weighted by Crippen LogP contribution is -1.94.